The molecule has 2 rings (SSSR count). The third kappa shape index (κ3) is 4.19. The lowest BCUT2D eigenvalue weighted by molar-refractivity contribution is 0.379. The molecule has 0 saturated heterocycles. The molecule has 21 heavy (non-hydrogen) atoms. The van der Waals surface area contributed by atoms with Crippen molar-refractivity contribution in [2.24, 2.45) is 0 Å². The van der Waals surface area contributed by atoms with Gasteiger partial charge in [0.05, 0.1) is 13.2 Å². The molecule has 0 aliphatic carbocycles. The predicted molar refractivity (Wildman–Crippen MR) is 84.0 cm³/mol. The number of hydrogen-bond acceptors (Lipinski definition) is 6. The second kappa shape index (κ2) is 7.08. The molecular weight excluding hydrogens is 290 g/mol. The zero-order valence-electron chi connectivity index (χ0n) is 12.2. The third-order valence-electron chi connectivity index (χ3n) is 2.83. The topological polar surface area (TPSA) is 72.0 Å². The normalized spacial score (nSPS) is 11.8. The quantitative estimate of drug-likeness (QED) is 0.854. The van der Waals surface area contributed by atoms with Gasteiger partial charge in [-0.25, -0.2) is 0 Å². The summed E-state index contributed by atoms with van der Waals surface area (Å²) in [5.41, 5.74) is 1.05. The van der Waals surface area contributed by atoms with Crippen LogP contribution in [0.5, 0.6) is 6.01 Å². The van der Waals surface area contributed by atoms with E-state index in [2.05, 4.69) is 25.6 Å². The van der Waals surface area contributed by atoms with E-state index in [1.54, 1.807) is 0 Å². The molecule has 2 N–H and O–H groups in total. The zero-order valence-corrected chi connectivity index (χ0v) is 13.0. The number of ether oxygens (including phenoxy) is 1. The number of anilines is 2. The minimum atomic E-state index is 0.00489. The largest absolute Gasteiger partial charge is 0.467 e. The summed E-state index contributed by atoms with van der Waals surface area (Å²) in [4.78, 5) is 12.6. The molecule has 1 heterocycles. The molecule has 7 heteroatoms. The Hall–Kier alpha value is -2.08. The van der Waals surface area contributed by atoms with E-state index >= 15 is 0 Å². The van der Waals surface area contributed by atoms with Crippen LogP contribution >= 0.6 is 11.6 Å². The summed E-state index contributed by atoms with van der Waals surface area (Å²) in [7, 11) is 1.52. The second-order valence-corrected chi connectivity index (χ2v) is 4.86. The molecular formula is C14H18ClN5O. The van der Waals surface area contributed by atoms with Gasteiger partial charge in [0.1, 0.15) is 0 Å². The number of nitrogens with one attached hydrogen (secondary N) is 2. The van der Waals surface area contributed by atoms with E-state index in [0.29, 0.717) is 16.9 Å². The fourth-order valence-electron chi connectivity index (χ4n) is 1.80. The molecule has 0 radical (unpaired) electrons. The lowest BCUT2D eigenvalue weighted by Crippen LogP contribution is -2.12. The summed E-state index contributed by atoms with van der Waals surface area (Å²) in [6, 6.07) is 7.92. The van der Waals surface area contributed by atoms with Crippen molar-refractivity contribution in [2.45, 2.75) is 19.9 Å². The highest BCUT2D eigenvalue weighted by Crippen LogP contribution is 2.21. The van der Waals surface area contributed by atoms with Crippen molar-refractivity contribution in [3.05, 3.63) is 34.9 Å². The maximum atomic E-state index is 6.01. The molecule has 0 saturated carbocycles. The first kappa shape index (κ1) is 15.3. The van der Waals surface area contributed by atoms with Crippen LogP contribution in [0.4, 0.5) is 11.9 Å². The summed E-state index contributed by atoms with van der Waals surface area (Å²) >= 11 is 6.01. The maximum absolute atomic E-state index is 6.01. The zero-order chi connectivity index (χ0) is 15.2. The van der Waals surface area contributed by atoms with E-state index in [4.69, 9.17) is 16.3 Å². The summed E-state index contributed by atoms with van der Waals surface area (Å²) in [5, 5.41) is 6.96. The fourth-order valence-corrected chi connectivity index (χ4v) is 2.00. The first-order valence-electron chi connectivity index (χ1n) is 6.68. The number of rotatable bonds is 6. The van der Waals surface area contributed by atoms with Crippen molar-refractivity contribution in [3.63, 3.8) is 0 Å². The Bertz CT molecular complexity index is 608. The van der Waals surface area contributed by atoms with Gasteiger partial charge in [-0.2, -0.15) is 15.0 Å². The molecule has 1 unspecified atom stereocenters. The van der Waals surface area contributed by atoms with Gasteiger partial charge in [-0.3, -0.25) is 0 Å². The Morgan fingerprint density at radius 2 is 2.00 bits per heavy atom. The highest BCUT2D eigenvalue weighted by atomic mass is 35.5. The van der Waals surface area contributed by atoms with E-state index in [1.807, 2.05) is 38.1 Å². The van der Waals surface area contributed by atoms with Gasteiger partial charge in [0.25, 0.3) is 0 Å². The molecule has 0 spiro atoms. The van der Waals surface area contributed by atoms with Gasteiger partial charge in [-0.05, 0) is 31.5 Å². The number of methoxy groups -OCH3 is 1. The van der Waals surface area contributed by atoms with Crippen LogP contribution in [-0.4, -0.2) is 28.6 Å². The van der Waals surface area contributed by atoms with E-state index in [0.717, 1.165) is 12.1 Å². The van der Waals surface area contributed by atoms with E-state index in [1.165, 1.54) is 7.11 Å². The molecule has 0 aliphatic heterocycles. The minimum absolute atomic E-state index is 0.00489. The van der Waals surface area contributed by atoms with Crippen molar-refractivity contribution in [3.8, 4) is 6.01 Å². The SMILES string of the molecule is CCNc1nc(NC(C)c2cccc(Cl)c2)nc(OC)n1. The smallest absolute Gasteiger partial charge is 0.322 e. The van der Waals surface area contributed by atoms with Crippen LogP contribution in [0.15, 0.2) is 24.3 Å². The molecule has 2 aromatic rings. The standard InChI is InChI=1S/C14H18ClN5O/c1-4-16-12-18-13(20-14(19-12)21-3)17-9(2)10-6-5-7-11(15)8-10/h5-9H,4H2,1-3H3,(H2,16,17,18,19,20). The van der Waals surface area contributed by atoms with Gasteiger partial charge in [-0.15, -0.1) is 0 Å². The van der Waals surface area contributed by atoms with Crippen LogP contribution in [0.25, 0.3) is 0 Å². The molecule has 1 atom stereocenters. The Kier molecular flexibility index (Phi) is 5.16. The highest BCUT2D eigenvalue weighted by Gasteiger charge is 2.11. The second-order valence-electron chi connectivity index (χ2n) is 4.42. The Balaban J connectivity index is 2.19. The van der Waals surface area contributed by atoms with Crippen LogP contribution < -0.4 is 15.4 Å². The Morgan fingerprint density at radius 1 is 1.24 bits per heavy atom. The average molecular weight is 308 g/mol. The van der Waals surface area contributed by atoms with Crippen molar-refractivity contribution in [2.75, 3.05) is 24.3 Å². The number of benzene rings is 1. The van der Waals surface area contributed by atoms with Crippen molar-refractivity contribution in [1.82, 2.24) is 15.0 Å². The first-order valence-corrected chi connectivity index (χ1v) is 7.06. The molecule has 112 valence electrons. The Morgan fingerprint density at radius 3 is 2.67 bits per heavy atom. The van der Waals surface area contributed by atoms with Crippen LogP contribution in [0.1, 0.15) is 25.5 Å². The maximum Gasteiger partial charge on any atom is 0.322 e. The van der Waals surface area contributed by atoms with Gasteiger partial charge in [0.15, 0.2) is 0 Å². The first-order chi connectivity index (χ1) is 10.1. The lowest BCUT2D eigenvalue weighted by atomic mass is 10.1. The van der Waals surface area contributed by atoms with Gasteiger partial charge in [-0.1, -0.05) is 23.7 Å². The average Bonchev–Trinajstić information content (AvgIpc) is 2.47. The number of hydrogen-bond donors (Lipinski definition) is 2. The Labute approximate surface area is 128 Å². The summed E-state index contributed by atoms with van der Waals surface area (Å²) < 4.78 is 5.08. The van der Waals surface area contributed by atoms with Gasteiger partial charge in [0, 0.05) is 11.6 Å². The highest BCUT2D eigenvalue weighted by molar-refractivity contribution is 6.30. The van der Waals surface area contributed by atoms with Crippen molar-refractivity contribution >= 4 is 23.5 Å². The number of halogens is 1. The van der Waals surface area contributed by atoms with Crippen LogP contribution in [0, 0.1) is 0 Å². The van der Waals surface area contributed by atoms with Gasteiger partial charge >= 0.3 is 6.01 Å². The van der Waals surface area contributed by atoms with Gasteiger partial charge < -0.3 is 15.4 Å². The minimum Gasteiger partial charge on any atom is -0.467 e. The van der Waals surface area contributed by atoms with Gasteiger partial charge in [0.2, 0.25) is 11.9 Å². The summed E-state index contributed by atoms with van der Waals surface area (Å²) in [5.74, 6) is 0.926. The van der Waals surface area contributed by atoms with Crippen molar-refractivity contribution in [1.29, 1.82) is 0 Å². The molecule has 0 fully saturated rings. The molecule has 0 bridgehead atoms. The molecule has 6 nitrogen and oxygen atoms in total. The van der Waals surface area contributed by atoms with Crippen LogP contribution in [-0.2, 0) is 0 Å². The summed E-state index contributed by atoms with van der Waals surface area (Å²) in [6.45, 7) is 4.70. The number of nitrogens with zero attached hydrogens (tertiary/aromatic N) is 3. The number of aromatic nitrogens is 3. The molecule has 1 aromatic heterocycles. The van der Waals surface area contributed by atoms with Crippen molar-refractivity contribution < 1.29 is 4.74 Å². The third-order valence-corrected chi connectivity index (χ3v) is 3.06. The molecule has 1 aromatic carbocycles. The van der Waals surface area contributed by atoms with E-state index < -0.39 is 0 Å². The summed E-state index contributed by atoms with van der Waals surface area (Å²) in [6.07, 6.45) is 0. The molecule has 0 amide bonds. The fraction of sp³-hybridized carbons (Fsp3) is 0.357. The lowest BCUT2D eigenvalue weighted by Gasteiger charge is -2.15. The van der Waals surface area contributed by atoms with Crippen LogP contribution in [0.2, 0.25) is 5.02 Å². The van der Waals surface area contributed by atoms with Crippen LogP contribution in [0.3, 0.4) is 0 Å². The van der Waals surface area contributed by atoms with E-state index in [9.17, 15) is 0 Å². The molecule has 0 aliphatic rings. The predicted octanol–water partition coefficient (Wildman–Crippen LogP) is 3.14. The monoisotopic (exact) mass is 307 g/mol. The van der Waals surface area contributed by atoms with E-state index in [-0.39, 0.29) is 12.1 Å².